The molecule has 1 saturated heterocycles. The minimum Gasteiger partial charge on any atom is -0.392 e. The zero-order chi connectivity index (χ0) is 25.9. The number of ether oxygens (including phenoxy) is 2. The number of fused-ring (bicyclic) bond motifs is 1. The molecule has 1 aliphatic heterocycles. The molecule has 6 nitrogen and oxygen atoms in total. The first-order valence-electron chi connectivity index (χ1n) is 13.0. The number of aliphatic hydroxyl groups excluding tert-OH is 1. The lowest BCUT2D eigenvalue weighted by atomic mass is 9.98. The Hall–Kier alpha value is -3.81. The van der Waals surface area contributed by atoms with Gasteiger partial charge >= 0.3 is 0 Å². The number of para-hydroxylation sites is 2. The van der Waals surface area contributed by atoms with Crippen molar-refractivity contribution in [3.8, 4) is 11.1 Å². The van der Waals surface area contributed by atoms with Crippen LogP contribution >= 0.6 is 0 Å². The van der Waals surface area contributed by atoms with Crippen molar-refractivity contribution in [2.45, 2.75) is 44.6 Å². The summed E-state index contributed by atoms with van der Waals surface area (Å²) in [5, 5.41) is 9.49. The maximum Gasteiger partial charge on any atom is 0.184 e. The minimum atomic E-state index is -0.524. The third-order valence-corrected chi connectivity index (χ3v) is 7.20. The summed E-state index contributed by atoms with van der Waals surface area (Å²) >= 11 is 0. The van der Waals surface area contributed by atoms with Gasteiger partial charge in [-0.15, -0.1) is 0 Å². The molecule has 4 aromatic carbocycles. The van der Waals surface area contributed by atoms with Crippen molar-refractivity contribution in [1.29, 1.82) is 0 Å². The molecule has 5 aromatic rings. The number of benzene rings is 4. The van der Waals surface area contributed by atoms with Crippen molar-refractivity contribution < 1.29 is 14.6 Å². The van der Waals surface area contributed by atoms with Crippen molar-refractivity contribution in [3.63, 3.8) is 0 Å². The summed E-state index contributed by atoms with van der Waals surface area (Å²) < 4.78 is 15.3. The predicted molar refractivity (Wildman–Crippen MR) is 148 cm³/mol. The number of hydrogen-bond donors (Lipinski definition) is 2. The first-order chi connectivity index (χ1) is 18.7. The van der Waals surface area contributed by atoms with Gasteiger partial charge in [0.1, 0.15) is 0 Å². The van der Waals surface area contributed by atoms with Crippen LogP contribution in [0.2, 0.25) is 0 Å². The largest absolute Gasteiger partial charge is 0.392 e. The Kier molecular flexibility index (Phi) is 7.03. The lowest BCUT2D eigenvalue weighted by Gasteiger charge is -2.36. The first-order valence-corrected chi connectivity index (χ1v) is 13.0. The molecular formula is C32H31N3O3. The van der Waals surface area contributed by atoms with Gasteiger partial charge in [0.2, 0.25) is 0 Å². The molecule has 0 unspecified atom stereocenters. The molecule has 0 saturated carbocycles. The normalized spacial score (nSPS) is 19.6. The number of hydrogen-bond acceptors (Lipinski definition) is 5. The summed E-state index contributed by atoms with van der Waals surface area (Å²) in [5.74, 6) is 0. The Morgan fingerprint density at radius 3 is 2.42 bits per heavy atom. The minimum absolute atomic E-state index is 0.0199. The van der Waals surface area contributed by atoms with E-state index in [2.05, 4.69) is 45.9 Å². The zero-order valence-electron chi connectivity index (χ0n) is 21.1. The lowest BCUT2D eigenvalue weighted by molar-refractivity contribution is -0.252. The second-order valence-corrected chi connectivity index (χ2v) is 9.77. The predicted octanol–water partition coefficient (Wildman–Crippen LogP) is 5.90. The Balaban J connectivity index is 1.32. The Labute approximate surface area is 222 Å². The maximum absolute atomic E-state index is 9.49. The SMILES string of the molecule is NCc1cccc(-c2cccc([C@@H]3O[C@H](Cn4cnc5ccccc54)C[C@H](c4ccc(CO)cc4)O3)c2)c1. The van der Waals surface area contributed by atoms with Crippen LogP contribution in [0.5, 0.6) is 0 Å². The van der Waals surface area contributed by atoms with E-state index in [9.17, 15) is 5.11 Å². The fourth-order valence-corrected chi connectivity index (χ4v) is 5.15. The van der Waals surface area contributed by atoms with Gasteiger partial charge < -0.3 is 24.9 Å². The molecular weight excluding hydrogens is 474 g/mol. The summed E-state index contributed by atoms with van der Waals surface area (Å²) in [4.78, 5) is 4.56. The molecule has 0 bridgehead atoms. The van der Waals surface area contributed by atoms with Crippen LogP contribution in [0.3, 0.4) is 0 Å². The number of rotatable bonds is 7. The molecule has 1 fully saturated rings. The van der Waals surface area contributed by atoms with Crippen molar-refractivity contribution >= 4 is 11.0 Å². The highest BCUT2D eigenvalue weighted by atomic mass is 16.7. The van der Waals surface area contributed by atoms with Gasteiger partial charge in [-0.05, 0) is 52.1 Å². The molecule has 6 heteroatoms. The van der Waals surface area contributed by atoms with E-state index in [0.29, 0.717) is 19.5 Å². The summed E-state index contributed by atoms with van der Waals surface area (Å²) in [6.45, 7) is 1.19. The number of aromatic nitrogens is 2. The topological polar surface area (TPSA) is 82.5 Å². The van der Waals surface area contributed by atoms with Crippen molar-refractivity contribution in [2.24, 2.45) is 5.73 Å². The maximum atomic E-state index is 9.49. The smallest absolute Gasteiger partial charge is 0.184 e. The van der Waals surface area contributed by atoms with E-state index in [1.807, 2.05) is 67.0 Å². The van der Waals surface area contributed by atoms with Gasteiger partial charge in [-0.2, -0.15) is 0 Å². The van der Waals surface area contributed by atoms with E-state index in [-0.39, 0.29) is 18.8 Å². The number of aliphatic hydroxyl groups is 1. The summed E-state index contributed by atoms with van der Waals surface area (Å²) in [6, 6.07) is 32.8. The monoisotopic (exact) mass is 505 g/mol. The van der Waals surface area contributed by atoms with Crippen LogP contribution in [0.4, 0.5) is 0 Å². The average Bonchev–Trinajstić information content (AvgIpc) is 3.39. The Morgan fingerprint density at radius 2 is 1.61 bits per heavy atom. The van der Waals surface area contributed by atoms with E-state index in [1.54, 1.807) is 0 Å². The molecule has 6 rings (SSSR count). The Morgan fingerprint density at radius 1 is 0.816 bits per heavy atom. The molecule has 0 radical (unpaired) electrons. The van der Waals surface area contributed by atoms with Crippen LogP contribution in [0.15, 0.2) is 103 Å². The average molecular weight is 506 g/mol. The quantitative estimate of drug-likeness (QED) is 0.288. The molecule has 3 N–H and O–H groups in total. The van der Waals surface area contributed by atoms with Crippen LogP contribution in [0.25, 0.3) is 22.2 Å². The molecule has 1 aliphatic rings. The van der Waals surface area contributed by atoms with E-state index in [0.717, 1.165) is 44.4 Å². The molecule has 0 aliphatic carbocycles. The van der Waals surface area contributed by atoms with Crippen molar-refractivity contribution in [2.75, 3.05) is 0 Å². The van der Waals surface area contributed by atoms with E-state index in [1.165, 1.54) is 0 Å². The highest BCUT2D eigenvalue weighted by molar-refractivity contribution is 5.74. The van der Waals surface area contributed by atoms with Crippen LogP contribution in [-0.2, 0) is 29.2 Å². The summed E-state index contributed by atoms with van der Waals surface area (Å²) in [6.07, 6.45) is 1.83. The number of nitrogens with two attached hydrogens (primary N) is 1. The van der Waals surface area contributed by atoms with E-state index >= 15 is 0 Å². The molecule has 2 heterocycles. The molecule has 3 atom stereocenters. The van der Waals surface area contributed by atoms with E-state index in [4.69, 9.17) is 15.2 Å². The van der Waals surface area contributed by atoms with Gasteiger partial charge in [-0.1, -0.05) is 72.8 Å². The molecule has 0 spiro atoms. The number of nitrogens with zero attached hydrogens (tertiary/aromatic N) is 2. The number of imidazole rings is 1. The third-order valence-electron chi connectivity index (χ3n) is 7.20. The van der Waals surface area contributed by atoms with Gasteiger partial charge in [0.05, 0.1) is 42.7 Å². The molecule has 192 valence electrons. The second-order valence-electron chi connectivity index (χ2n) is 9.77. The Bertz CT molecular complexity index is 1530. The van der Waals surface area contributed by atoms with Gasteiger partial charge in [-0.3, -0.25) is 0 Å². The summed E-state index contributed by atoms with van der Waals surface area (Å²) in [7, 11) is 0. The highest BCUT2D eigenvalue weighted by Crippen LogP contribution is 2.39. The van der Waals surface area contributed by atoms with Crippen LogP contribution < -0.4 is 5.73 Å². The van der Waals surface area contributed by atoms with Gasteiger partial charge in [0.25, 0.3) is 0 Å². The summed E-state index contributed by atoms with van der Waals surface area (Å²) in [5.41, 5.74) is 14.2. The molecule has 0 amide bonds. The van der Waals surface area contributed by atoms with Crippen LogP contribution in [-0.4, -0.2) is 20.8 Å². The standard InChI is InChI=1S/C32H31N3O3/c33-18-23-5-3-6-25(15-23)26-7-4-8-27(16-26)32-37-28(19-35-21-34-29-9-1-2-10-30(29)35)17-31(38-32)24-13-11-22(20-36)12-14-24/h1-16,21,28,31-32,36H,17-20,33H2/t28-,31+,32+/m0/s1. The second kappa shape index (κ2) is 10.9. The fraction of sp³-hybridized carbons (Fsp3) is 0.219. The fourth-order valence-electron chi connectivity index (χ4n) is 5.15. The zero-order valence-corrected chi connectivity index (χ0v) is 21.1. The van der Waals surface area contributed by atoms with Gasteiger partial charge in [0.15, 0.2) is 6.29 Å². The van der Waals surface area contributed by atoms with Crippen LogP contribution in [0, 0.1) is 0 Å². The third kappa shape index (κ3) is 5.12. The highest BCUT2D eigenvalue weighted by Gasteiger charge is 2.32. The lowest BCUT2D eigenvalue weighted by Crippen LogP contribution is -2.32. The van der Waals surface area contributed by atoms with Crippen LogP contribution in [0.1, 0.15) is 41.1 Å². The van der Waals surface area contributed by atoms with Crippen molar-refractivity contribution in [3.05, 3.63) is 126 Å². The van der Waals surface area contributed by atoms with Gasteiger partial charge in [0, 0.05) is 18.5 Å². The molecule has 38 heavy (non-hydrogen) atoms. The first kappa shape index (κ1) is 24.5. The molecule has 1 aromatic heterocycles. The van der Waals surface area contributed by atoms with E-state index < -0.39 is 6.29 Å². The van der Waals surface area contributed by atoms with Gasteiger partial charge in [-0.25, -0.2) is 4.98 Å². The van der Waals surface area contributed by atoms with Crippen molar-refractivity contribution in [1.82, 2.24) is 9.55 Å².